The largest absolute Gasteiger partial charge is 0.366 e. The molecule has 1 aliphatic rings. The minimum Gasteiger partial charge on any atom is -0.366 e. The smallest absolute Gasteiger partial charge is 0.148 e. The third-order valence-corrected chi connectivity index (χ3v) is 2.46. The van der Waals surface area contributed by atoms with Crippen molar-refractivity contribution in [2.75, 3.05) is 5.32 Å². The standard InChI is InChI=1S/C8H11ClN4/c9-7-3-11-4-12-8(7)13-6-1-5(10)2-6/h3-6H,1-2,10H2,(H,11,12,13). The third kappa shape index (κ3) is 1.89. The van der Waals surface area contributed by atoms with Gasteiger partial charge in [0.25, 0.3) is 0 Å². The molecule has 0 aromatic carbocycles. The molecule has 1 saturated carbocycles. The number of hydrogen-bond donors (Lipinski definition) is 2. The fraction of sp³-hybridized carbons (Fsp3) is 0.500. The predicted octanol–water partition coefficient (Wildman–Crippen LogP) is 1.03. The van der Waals surface area contributed by atoms with E-state index in [9.17, 15) is 0 Å². The van der Waals surface area contributed by atoms with Gasteiger partial charge in [0.05, 0.1) is 6.20 Å². The molecule has 1 aliphatic carbocycles. The summed E-state index contributed by atoms with van der Waals surface area (Å²) in [5.41, 5.74) is 5.65. The quantitative estimate of drug-likeness (QED) is 0.745. The third-order valence-electron chi connectivity index (χ3n) is 2.18. The molecule has 1 fully saturated rings. The van der Waals surface area contributed by atoms with Crippen molar-refractivity contribution in [3.63, 3.8) is 0 Å². The number of nitrogens with zero attached hydrogens (tertiary/aromatic N) is 2. The molecule has 0 aliphatic heterocycles. The van der Waals surface area contributed by atoms with Gasteiger partial charge >= 0.3 is 0 Å². The Morgan fingerprint density at radius 1 is 1.54 bits per heavy atom. The summed E-state index contributed by atoms with van der Waals surface area (Å²) in [7, 11) is 0. The first-order valence-electron chi connectivity index (χ1n) is 4.23. The predicted molar refractivity (Wildman–Crippen MR) is 51.7 cm³/mol. The number of halogens is 1. The zero-order valence-electron chi connectivity index (χ0n) is 7.07. The van der Waals surface area contributed by atoms with E-state index in [0.717, 1.165) is 12.8 Å². The van der Waals surface area contributed by atoms with Gasteiger partial charge in [-0.25, -0.2) is 9.97 Å². The van der Waals surface area contributed by atoms with Gasteiger partial charge in [0.1, 0.15) is 17.2 Å². The lowest BCUT2D eigenvalue weighted by atomic mass is 9.88. The highest BCUT2D eigenvalue weighted by molar-refractivity contribution is 6.32. The zero-order valence-corrected chi connectivity index (χ0v) is 7.83. The summed E-state index contributed by atoms with van der Waals surface area (Å²) < 4.78 is 0. The molecule has 0 radical (unpaired) electrons. The molecule has 0 amide bonds. The first-order valence-corrected chi connectivity index (χ1v) is 4.61. The van der Waals surface area contributed by atoms with E-state index in [1.165, 1.54) is 6.33 Å². The van der Waals surface area contributed by atoms with Crippen molar-refractivity contribution in [2.45, 2.75) is 24.9 Å². The second-order valence-corrected chi connectivity index (χ2v) is 3.70. The van der Waals surface area contributed by atoms with E-state index >= 15 is 0 Å². The molecular weight excluding hydrogens is 188 g/mol. The molecule has 0 spiro atoms. The maximum atomic E-state index is 5.87. The second kappa shape index (κ2) is 3.47. The molecule has 0 saturated heterocycles. The van der Waals surface area contributed by atoms with E-state index in [2.05, 4.69) is 15.3 Å². The normalized spacial score (nSPS) is 26.6. The number of hydrogen-bond acceptors (Lipinski definition) is 4. The van der Waals surface area contributed by atoms with Crippen molar-refractivity contribution in [2.24, 2.45) is 5.73 Å². The Balaban J connectivity index is 1.98. The molecule has 4 nitrogen and oxygen atoms in total. The second-order valence-electron chi connectivity index (χ2n) is 3.29. The van der Waals surface area contributed by atoms with Gasteiger partial charge in [-0.05, 0) is 12.8 Å². The Labute approximate surface area is 81.5 Å². The Morgan fingerprint density at radius 3 is 2.92 bits per heavy atom. The molecule has 5 heteroatoms. The summed E-state index contributed by atoms with van der Waals surface area (Å²) >= 11 is 5.87. The summed E-state index contributed by atoms with van der Waals surface area (Å²) in [4.78, 5) is 7.83. The average Bonchev–Trinajstić information content (AvgIpc) is 2.06. The highest BCUT2D eigenvalue weighted by atomic mass is 35.5. The van der Waals surface area contributed by atoms with Gasteiger partial charge in [-0.2, -0.15) is 0 Å². The summed E-state index contributed by atoms with van der Waals surface area (Å²) in [5, 5.41) is 3.77. The van der Waals surface area contributed by atoms with E-state index in [0.29, 0.717) is 22.9 Å². The van der Waals surface area contributed by atoms with E-state index in [-0.39, 0.29) is 0 Å². The highest BCUT2D eigenvalue weighted by Crippen LogP contribution is 2.24. The summed E-state index contributed by atoms with van der Waals surface area (Å²) in [6.07, 6.45) is 5.03. The fourth-order valence-electron chi connectivity index (χ4n) is 1.39. The average molecular weight is 199 g/mol. The molecule has 0 bridgehead atoms. The van der Waals surface area contributed by atoms with Crippen LogP contribution in [0.4, 0.5) is 5.82 Å². The SMILES string of the molecule is NC1CC(Nc2ncncc2Cl)C1. The van der Waals surface area contributed by atoms with Gasteiger partial charge in [0.2, 0.25) is 0 Å². The van der Waals surface area contributed by atoms with Crippen LogP contribution in [0.1, 0.15) is 12.8 Å². The van der Waals surface area contributed by atoms with Gasteiger partial charge in [-0.3, -0.25) is 0 Å². The lowest BCUT2D eigenvalue weighted by molar-refractivity contribution is 0.373. The number of aromatic nitrogens is 2. The van der Waals surface area contributed by atoms with Crippen molar-refractivity contribution in [3.8, 4) is 0 Å². The van der Waals surface area contributed by atoms with Crippen LogP contribution in [0.25, 0.3) is 0 Å². The Hall–Kier alpha value is -0.870. The van der Waals surface area contributed by atoms with Crippen molar-refractivity contribution in [3.05, 3.63) is 17.5 Å². The van der Waals surface area contributed by atoms with Crippen molar-refractivity contribution < 1.29 is 0 Å². The summed E-state index contributed by atoms with van der Waals surface area (Å²) in [6.45, 7) is 0. The molecule has 13 heavy (non-hydrogen) atoms. The number of nitrogens with one attached hydrogen (secondary N) is 1. The first kappa shape index (κ1) is 8.72. The molecule has 0 unspecified atom stereocenters. The van der Waals surface area contributed by atoms with Crippen LogP contribution in [0, 0.1) is 0 Å². The van der Waals surface area contributed by atoms with Gasteiger partial charge < -0.3 is 11.1 Å². The molecule has 1 aromatic heterocycles. The van der Waals surface area contributed by atoms with Crippen LogP contribution in [-0.2, 0) is 0 Å². The van der Waals surface area contributed by atoms with Crippen molar-refractivity contribution in [1.29, 1.82) is 0 Å². The maximum Gasteiger partial charge on any atom is 0.148 e. The van der Waals surface area contributed by atoms with E-state index < -0.39 is 0 Å². The molecule has 2 rings (SSSR count). The van der Waals surface area contributed by atoms with E-state index in [1.807, 2.05) is 0 Å². The Morgan fingerprint density at radius 2 is 2.31 bits per heavy atom. The number of nitrogens with two attached hydrogens (primary N) is 1. The summed E-state index contributed by atoms with van der Waals surface area (Å²) in [6, 6.07) is 0.750. The number of anilines is 1. The minimum absolute atomic E-state index is 0.332. The fourth-order valence-corrected chi connectivity index (χ4v) is 1.55. The van der Waals surface area contributed by atoms with E-state index in [1.54, 1.807) is 6.20 Å². The lowest BCUT2D eigenvalue weighted by Gasteiger charge is -2.33. The van der Waals surface area contributed by atoms with Crippen molar-refractivity contribution >= 4 is 17.4 Å². The van der Waals surface area contributed by atoms with Crippen LogP contribution in [-0.4, -0.2) is 22.1 Å². The zero-order chi connectivity index (χ0) is 9.26. The molecule has 0 atom stereocenters. The minimum atomic E-state index is 0.332. The van der Waals surface area contributed by atoms with Crippen LogP contribution in [0.2, 0.25) is 5.02 Å². The monoisotopic (exact) mass is 198 g/mol. The molecule has 3 N–H and O–H groups in total. The van der Waals surface area contributed by atoms with Gasteiger partial charge in [-0.15, -0.1) is 0 Å². The van der Waals surface area contributed by atoms with Crippen LogP contribution in [0.3, 0.4) is 0 Å². The topological polar surface area (TPSA) is 63.8 Å². The molecule has 1 heterocycles. The van der Waals surface area contributed by atoms with Gasteiger partial charge in [0.15, 0.2) is 0 Å². The van der Waals surface area contributed by atoms with Crippen LogP contribution in [0.15, 0.2) is 12.5 Å². The molecular formula is C8H11ClN4. The first-order chi connectivity index (χ1) is 6.25. The van der Waals surface area contributed by atoms with Crippen LogP contribution < -0.4 is 11.1 Å². The summed E-state index contributed by atoms with van der Waals surface area (Å²) in [5.74, 6) is 0.702. The molecule has 1 aromatic rings. The Bertz CT molecular complexity index is 298. The van der Waals surface area contributed by atoms with Gasteiger partial charge in [0, 0.05) is 12.1 Å². The maximum absolute atomic E-state index is 5.87. The highest BCUT2D eigenvalue weighted by Gasteiger charge is 2.26. The Kier molecular flexibility index (Phi) is 2.33. The molecule has 70 valence electrons. The lowest BCUT2D eigenvalue weighted by Crippen LogP contribution is -2.44. The van der Waals surface area contributed by atoms with Crippen LogP contribution >= 0.6 is 11.6 Å². The van der Waals surface area contributed by atoms with Crippen LogP contribution in [0.5, 0.6) is 0 Å². The van der Waals surface area contributed by atoms with Gasteiger partial charge in [-0.1, -0.05) is 11.6 Å². The number of rotatable bonds is 2. The van der Waals surface area contributed by atoms with Crippen molar-refractivity contribution in [1.82, 2.24) is 9.97 Å². The van der Waals surface area contributed by atoms with E-state index in [4.69, 9.17) is 17.3 Å².